The molecule has 0 fully saturated rings. The molecule has 0 unspecified atom stereocenters. The number of carbonyl (C=O) groups excluding carboxylic acids is 2. The van der Waals surface area contributed by atoms with E-state index in [1.54, 1.807) is 31.2 Å². The lowest BCUT2D eigenvalue weighted by molar-refractivity contribution is -0.144. The fraction of sp³-hybridized carbons (Fsp3) is 0.211. The Bertz CT molecular complexity index is 759. The molecule has 0 saturated heterocycles. The molecular formula is C19H18N2O3. The second-order valence-electron chi connectivity index (χ2n) is 5.40. The predicted octanol–water partition coefficient (Wildman–Crippen LogP) is 2.76. The number of ether oxygens (including phenoxy) is 1. The molecule has 2 rings (SSSR count). The summed E-state index contributed by atoms with van der Waals surface area (Å²) in [5, 5.41) is 11.5. The van der Waals surface area contributed by atoms with E-state index in [0.717, 1.165) is 11.1 Å². The largest absolute Gasteiger partial charge is 0.469 e. The third-order valence-electron chi connectivity index (χ3n) is 3.67. The van der Waals surface area contributed by atoms with Crippen LogP contribution in [0.25, 0.3) is 11.1 Å². The maximum absolute atomic E-state index is 12.1. The van der Waals surface area contributed by atoms with Crippen LogP contribution < -0.4 is 5.32 Å². The van der Waals surface area contributed by atoms with Crippen molar-refractivity contribution in [3.8, 4) is 17.2 Å². The maximum atomic E-state index is 12.1. The molecule has 1 atom stereocenters. The number of carbonyl (C=O) groups is 2. The molecule has 0 aromatic heterocycles. The quantitative estimate of drug-likeness (QED) is 0.859. The van der Waals surface area contributed by atoms with Gasteiger partial charge < -0.3 is 10.1 Å². The molecule has 0 radical (unpaired) electrons. The van der Waals surface area contributed by atoms with Gasteiger partial charge in [-0.05, 0) is 35.4 Å². The van der Waals surface area contributed by atoms with Gasteiger partial charge in [-0.1, -0.05) is 31.2 Å². The van der Waals surface area contributed by atoms with Crippen LogP contribution >= 0.6 is 0 Å². The van der Waals surface area contributed by atoms with Gasteiger partial charge in [-0.3, -0.25) is 9.59 Å². The van der Waals surface area contributed by atoms with Crippen LogP contribution in [-0.4, -0.2) is 25.5 Å². The molecule has 0 heterocycles. The molecule has 2 aromatic rings. The van der Waals surface area contributed by atoms with E-state index in [2.05, 4.69) is 16.1 Å². The van der Waals surface area contributed by atoms with Gasteiger partial charge in [0.05, 0.1) is 24.7 Å². The molecule has 1 N–H and O–H groups in total. The van der Waals surface area contributed by atoms with Crippen molar-refractivity contribution < 1.29 is 14.3 Å². The van der Waals surface area contributed by atoms with Gasteiger partial charge in [0, 0.05) is 12.1 Å². The average Bonchev–Trinajstić information content (AvgIpc) is 2.65. The van der Waals surface area contributed by atoms with Crippen molar-refractivity contribution in [3.05, 3.63) is 59.7 Å². The topological polar surface area (TPSA) is 79.2 Å². The van der Waals surface area contributed by atoms with Crippen molar-refractivity contribution in [1.82, 2.24) is 5.32 Å². The second-order valence-corrected chi connectivity index (χ2v) is 5.40. The Labute approximate surface area is 140 Å². The van der Waals surface area contributed by atoms with Gasteiger partial charge in [0.2, 0.25) is 0 Å². The van der Waals surface area contributed by atoms with Crippen LogP contribution in [0.3, 0.4) is 0 Å². The molecule has 0 aliphatic heterocycles. The molecular weight excluding hydrogens is 304 g/mol. The summed E-state index contributed by atoms with van der Waals surface area (Å²) in [6.45, 7) is 1.92. The fourth-order valence-electron chi connectivity index (χ4n) is 2.18. The van der Waals surface area contributed by atoms with Crippen molar-refractivity contribution >= 4 is 11.9 Å². The SMILES string of the molecule is COC(=O)[C@@H](C)CNC(=O)c1ccc(-c2ccc(C#N)cc2)cc1. The third kappa shape index (κ3) is 4.20. The van der Waals surface area contributed by atoms with Crippen LogP contribution in [0.5, 0.6) is 0 Å². The van der Waals surface area contributed by atoms with Crippen LogP contribution in [0.15, 0.2) is 48.5 Å². The lowest BCUT2D eigenvalue weighted by atomic mass is 10.0. The lowest BCUT2D eigenvalue weighted by Gasteiger charge is -2.11. The van der Waals surface area contributed by atoms with Crippen LogP contribution in [0.1, 0.15) is 22.8 Å². The smallest absolute Gasteiger partial charge is 0.310 e. The Morgan fingerprint density at radius 1 is 1.08 bits per heavy atom. The van der Waals surface area contributed by atoms with E-state index in [0.29, 0.717) is 11.1 Å². The first-order valence-electron chi connectivity index (χ1n) is 7.51. The monoisotopic (exact) mass is 322 g/mol. The van der Waals surface area contributed by atoms with E-state index in [9.17, 15) is 9.59 Å². The zero-order valence-corrected chi connectivity index (χ0v) is 13.6. The van der Waals surface area contributed by atoms with Crippen molar-refractivity contribution in [2.75, 3.05) is 13.7 Å². The van der Waals surface area contributed by atoms with Gasteiger partial charge >= 0.3 is 5.97 Å². The zero-order valence-electron chi connectivity index (χ0n) is 13.6. The van der Waals surface area contributed by atoms with E-state index in [4.69, 9.17) is 5.26 Å². The van der Waals surface area contributed by atoms with Crippen molar-refractivity contribution in [1.29, 1.82) is 5.26 Å². The van der Waals surface area contributed by atoms with Gasteiger partial charge in [-0.25, -0.2) is 0 Å². The van der Waals surface area contributed by atoms with Gasteiger partial charge in [0.25, 0.3) is 5.91 Å². The Kier molecular flexibility index (Phi) is 5.69. The minimum atomic E-state index is -0.392. The molecule has 5 heteroatoms. The van der Waals surface area contributed by atoms with E-state index >= 15 is 0 Å². The van der Waals surface area contributed by atoms with E-state index < -0.39 is 5.92 Å². The van der Waals surface area contributed by atoms with Gasteiger partial charge in [-0.2, -0.15) is 5.26 Å². The first-order chi connectivity index (χ1) is 11.5. The van der Waals surface area contributed by atoms with Crippen LogP contribution in [0.4, 0.5) is 0 Å². The number of amides is 1. The summed E-state index contributed by atoms with van der Waals surface area (Å²) in [6, 6.07) is 16.5. The number of nitriles is 1. The highest BCUT2D eigenvalue weighted by atomic mass is 16.5. The highest BCUT2D eigenvalue weighted by molar-refractivity contribution is 5.94. The van der Waals surface area contributed by atoms with Gasteiger partial charge in [0.1, 0.15) is 0 Å². The molecule has 0 bridgehead atoms. The highest BCUT2D eigenvalue weighted by Crippen LogP contribution is 2.20. The van der Waals surface area contributed by atoms with Gasteiger partial charge in [-0.15, -0.1) is 0 Å². The molecule has 0 saturated carbocycles. The van der Waals surface area contributed by atoms with Crippen molar-refractivity contribution in [2.45, 2.75) is 6.92 Å². The normalized spacial score (nSPS) is 11.2. The highest BCUT2D eigenvalue weighted by Gasteiger charge is 2.14. The Morgan fingerprint density at radius 3 is 2.12 bits per heavy atom. The number of hydrogen-bond acceptors (Lipinski definition) is 4. The number of nitrogens with zero attached hydrogens (tertiary/aromatic N) is 1. The molecule has 122 valence electrons. The fourth-order valence-corrected chi connectivity index (χ4v) is 2.18. The summed E-state index contributed by atoms with van der Waals surface area (Å²) in [6.07, 6.45) is 0. The second kappa shape index (κ2) is 7.93. The Morgan fingerprint density at radius 2 is 1.62 bits per heavy atom. The molecule has 5 nitrogen and oxygen atoms in total. The predicted molar refractivity (Wildman–Crippen MR) is 90.1 cm³/mol. The van der Waals surface area contributed by atoms with Crippen LogP contribution in [0.2, 0.25) is 0 Å². The number of methoxy groups -OCH3 is 1. The first-order valence-corrected chi connectivity index (χ1v) is 7.51. The van der Waals surface area contributed by atoms with E-state index in [1.165, 1.54) is 7.11 Å². The standard InChI is InChI=1S/C19H18N2O3/c1-13(19(23)24-2)12-21-18(22)17-9-7-16(8-10-17)15-5-3-14(11-20)4-6-15/h3-10,13H,12H2,1-2H3,(H,21,22)/t13-/m0/s1. The number of hydrogen-bond donors (Lipinski definition) is 1. The van der Waals surface area contributed by atoms with E-state index in [-0.39, 0.29) is 18.4 Å². The summed E-state index contributed by atoms with van der Waals surface area (Å²) in [4.78, 5) is 23.4. The molecule has 24 heavy (non-hydrogen) atoms. The molecule has 1 amide bonds. The molecule has 0 aliphatic rings. The van der Waals surface area contributed by atoms with Crippen molar-refractivity contribution in [2.24, 2.45) is 5.92 Å². The maximum Gasteiger partial charge on any atom is 0.310 e. The minimum Gasteiger partial charge on any atom is -0.469 e. The van der Waals surface area contributed by atoms with E-state index in [1.807, 2.05) is 24.3 Å². The molecule has 2 aromatic carbocycles. The number of nitrogens with one attached hydrogen (secondary N) is 1. The summed E-state index contributed by atoms with van der Waals surface area (Å²) in [5.74, 6) is -0.986. The molecule has 0 spiro atoms. The Balaban J connectivity index is 2.01. The number of benzene rings is 2. The third-order valence-corrected chi connectivity index (χ3v) is 3.67. The summed E-state index contributed by atoms with van der Waals surface area (Å²) < 4.78 is 4.62. The lowest BCUT2D eigenvalue weighted by Crippen LogP contribution is -2.32. The first kappa shape index (κ1) is 17.2. The summed E-state index contributed by atoms with van der Waals surface area (Å²) in [7, 11) is 1.32. The summed E-state index contributed by atoms with van der Waals surface area (Å²) in [5.41, 5.74) is 3.05. The van der Waals surface area contributed by atoms with Crippen molar-refractivity contribution in [3.63, 3.8) is 0 Å². The molecule has 0 aliphatic carbocycles. The number of esters is 1. The zero-order chi connectivity index (χ0) is 17.5. The average molecular weight is 322 g/mol. The number of rotatable bonds is 5. The van der Waals surface area contributed by atoms with Gasteiger partial charge in [0.15, 0.2) is 0 Å². The Hall–Kier alpha value is -3.13. The van der Waals surface area contributed by atoms with Crippen LogP contribution in [-0.2, 0) is 9.53 Å². The van der Waals surface area contributed by atoms with Crippen LogP contribution in [0, 0.1) is 17.2 Å². The summed E-state index contributed by atoms with van der Waals surface area (Å²) >= 11 is 0. The minimum absolute atomic E-state index is 0.225.